The van der Waals surface area contributed by atoms with E-state index in [0.717, 1.165) is 66.8 Å². The number of rotatable bonds is 9. The molecule has 1 aliphatic carbocycles. The number of para-hydroxylation sites is 1. The number of anilines is 3. The highest BCUT2D eigenvalue weighted by Gasteiger charge is 2.48. The molecule has 2 aromatic heterocycles. The van der Waals surface area contributed by atoms with E-state index in [1.807, 2.05) is 24.3 Å². The summed E-state index contributed by atoms with van der Waals surface area (Å²) < 4.78 is 9.47. The van der Waals surface area contributed by atoms with Crippen LogP contribution >= 0.6 is 11.3 Å². The highest BCUT2D eigenvalue weighted by Crippen LogP contribution is 2.59. The molecule has 0 bridgehead atoms. The third kappa shape index (κ3) is 6.15. The summed E-state index contributed by atoms with van der Waals surface area (Å²) in [7, 11) is 0. The summed E-state index contributed by atoms with van der Waals surface area (Å²) in [6.45, 7) is 6.96. The molecule has 0 saturated heterocycles. The lowest BCUT2D eigenvalue weighted by atomic mass is 9.67. The van der Waals surface area contributed by atoms with Gasteiger partial charge in [0.25, 0.3) is 0 Å². The lowest BCUT2D eigenvalue weighted by Gasteiger charge is -2.35. The Morgan fingerprint density at radius 2 is 1.17 bits per heavy atom. The molecule has 0 amide bonds. The van der Waals surface area contributed by atoms with Crippen LogP contribution in [0.5, 0.6) is 0 Å². The van der Waals surface area contributed by atoms with Crippen LogP contribution in [0.1, 0.15) is 23.6 Å². The molecule has 2 nitrogen and oxygen atoms in total. The van der Waals surface area contributed by atoms with Crippen molar-refractivity contribution in [1.82, 2.24) is 0 Å². The van der Waals surface area contributed by atoms with E-state index >= 15 is 0 Å². The fourth-order valence-corrected chi connectivity index (χ4v) is 11.5. The molecule has 12 rings (SSSR count). The van der Waals surface area contributed by atoms with Crippen LogP contribution in [0.25, 0.3) is 75.5 Å². The molecule has 3 heteroatoms. The van der Waals surface area contributed by atoms with Gasteiger partial charge in [-0.1, -0.05) is 189 Å². The van der Waals surface area contributed by atoms with E-state index < -0.39 is 5.41 Å². The molecule has 0 saturated carbocycles. The third-order valence-corrected chi connectivity index (χ3v) is 14.5. The number of benzene rings is 9. The smallest absolute Gasteiger partial charge is 0.143 e. The molecule has 0 spiro atoms. The zero-order chi connectivity index (χ0) is 43.5. The van der Waals surface area contributed by atoms with Crippen molar-refractivity contribution in [3.8, 4) is 33.4 Å². The Bertz CT molecular complexity index is 3670. The van der Waals surface area contributed by atoms with Crippen LogP contribution in [0, 0.1) is 0 Å². The maximum Gasteiger partial charge on any atom is 0.143 e. The first-order valence-electron chi connectivity index (χ1n) is 22.2. The first kappa shape index (κ1) is 38.7. The van der Waals surface area contributed by atoms with E-state index in [-0.39, 0.29) is 0 Å². The monoisotopic (exact) mass is 849 g/mol. The number of allylic oxidation sites excluding steroid dienone is 5. The molecule has 1 aliphatic rings. The van der Waals surface area contributed by atoms with Gasteiger partial charge in [-0.3, -0.25) is 0 Å². The van der Waals surface area contributed by atoms with Crippen molar-refractivity contribution in [3.63, 3.8) is 0 Å². The fourth-order valence-electron chi connectivity index (χ4n) is 10.3. The van der Waals surface area contributed by atoms with Gasteiger partial charge in [-0.2, -0.15) is 0 Å². The molecule has 1 unspecified atom stereocenters. The van der Waals surface area contributed by atoms with E-state index in [0.29, 0.717) is 0 Å². The average molecular weight is 850 g/mol. The normalized spacial score (nSPS) is 14.5. The van der Waals surface area contributed by atoms with Crippen LogP contribution in [-0.2, 0) is 5.41 Å². The molecule has 65 heavy (non-hydrogen) atoms. The topological polar surface area (TPSA) is 16.4 Å². The molecule has 11 aromatic rings. The zero-order valence-corrected chi connectivity index (χ0v) is 36.7. The summed E-state index contributed by atoms with van der Waals surface area (Å²) in [5, 5.41) is 4.84. The Balaban J connectivity index is 1.08. The van der Waals surface area contributed by atoms with E-state index in [2.05, 4.69) is 229 Å². The average Bonchev–Trinajstić information content (AvgIpc) is 4.04. The summed E-state index contributed by atoms with van der Waals surface area (Å²) in [5.74, 6) is 0. The molecule has 1 atom stereocenters. The molecular formula is C62H43NOS. The van der Waals surface area contributed by atoms with Gasteiger partial charge in [-0.15, -0.1) is 11.3 Å². The highest BCUT2D eigenvalue weighted by molar-refractivity contribution is 7.26. The predicted octanol–water partition coefficient (Wildman–Crippen LogP) is 17.8. The number of fused-ring (bicyclic) bond motifs is 10. The SMILES string of the molecule is C=C(/C=C\C=C/C)C1(c2ccccc2)c2cc(N(c3ccc(-c4ccccc4)cc3)c3ccc(-c4cccc5c4sc4ccccc45)cc3)ccc2-c2c1ccc1c2oc2ccccc21. The summed E-state index contributed by atoms with van der Waals surface area (Å²) in [6, 6.07) is 74.9. The van der Waals surface area contributed by atoms with Crippen LogP contribution in [0.4, 0.5) is 17.1 Å². The standard InChI is InChI=1S/C62H43NOS/c1-3-4-7-17-41(2)62(45-20-10-6-11-21-45)55-39-38-52-50-22-12-14-26-57(50)64-60(52)59(55)54-37-36-48(40-56(54)62)63(46-32-28-43(29-33-46)42-18-8-5-9-19-42)47-34-30-44(31-35-47)49-24-16-25-53-51-23-13-15-27-58(51)65-61(49)53/h3-40H,2H2,1H3/b4-3-,17-7-. The molecule has 308 valence electrons. The summed E-state index contributed by atoms with van der Waals surface area (Å²) in [5.41, 5.74) is 15.8. The number of furan rings is 1. The lowest BCUT2D eigenvalue weighted by molar-refractivity contribution is 0.669. The molecule has 0 radical (unpaired) electrons. The van der Waals surface area contributed by atoms with Crippen molar-refractivity contribution in [2.75, 3.05) is 4.90 Å². The van der Waals surface area contributed by atoms with Gasteiger partial charge in [0, 0.05) is 53.6 Å². The summed E-state index contributed by atoms with van der Waals surface area (Å²) >= 11 is 1.87. The van der Waals surface area contributed by atoms with Gasteiger partial charge in [-0.05, 0) is 106 Å². The molecular weight excluding hydrogens is 807 g/mol. The minimum absolute atomic E-state index is 0.719. The van der Waals surface area contributed by atoms with E-state index in [1.165, 1.54) is 48.0 Å². The maximum absolute atomic E-state index is 6.85. The number of hydrogen-bond donors (Lipinski definition) is 0. The lowest BCUT2D eigenvalue weighted by Crippen LogP contribution is -2.28. The predicted molar refractivity (Wildman–Crippen MR) is 277 cm³/mol. The van der Waals surface area contributed by atoms with Crippen molar-refractivity contribution in [2.24, 2.45) is 0 Å². The first-order chi connectivity index (χ1) is 32.1. The zero-order valence-electron chi connectivity index (χ0n) is 35.9. The van der Waals surface area contributed by atoms with Crippen molar-refractivity contribution in [1.29, 1.82) is 0 Å². The first-order valence-corrected chi connectivity index (χ1v) is 23.0. The Morgan fingerprint density at radius 3 is 1.94 bits per heavy atom. The van der Waals surface area contributed by atoms with Crippen molar-refractivity contribution < 1.29 is 4.42 Å². The Labute approximate surface area is 383 Å². The highest BCUT2D eigenvalue weighted by atomic mass is 32.1. The van der Waals surface area contributed by atoms with Crippen LogP contribution in [0.15, 0.2) is 247 Å². The molecule has 9 aromatic carbocycles. The minimum Gasteiger partial charge on any atom is -0.455 e. The second-order valence-electron chi connectivity index (χ2n) is 16.8. The van der Waals surface area contributed by atoms with E-state index in [4.69, 9.17) is 11.0 Å². The molecule has 0 N–H and O–H groups in total. The number of thiophene rings is 1. The number of nitrogens with zero attached hydrogens (tertiary/aromatic N) is 1. The molecule has 0 fully saturated rings. The van der Waals surface area contributed by atoms with Gasteiger partial charge in [0.2, 0.25) is 0 Å². The van der Waals surface area contributed by atoms with Gasteiger partial charge in [0.05, 0.1) is 5.41 Å². The summed E-state index contributed by atoms with van der Waals surface area (Å²) in [4.78, 5) is 2.40. The Morgan fingerprint density at radius 1 is 0.523 bits per heavy atom. The summed E-state index contributed by atoms with van der Waals surface area (Å²) in [6.07, 6.45) is 8.42. The van der Waals surface area contributed by atoms with Gasteiger partial charge < -0.3 is 9.32 Å². The quantitative estimate of drug-likeness (QED) is 0.135. The van der Waals surface area contributed by atoms with Crippen LogP contribution < -0.4 is 4.90 Å². The molecule has 0 aliphatic heterocycles. The fraction of sp³-hybridized carbons (Fsp3) is 0.0323. The largest absolute Gasteiger partial charge is 0.455 e. The van der Waals surface area contributed by atoms with Crippen LogP contribution in [0.3, 0.4) is 0 Å². The van der Waals surface area contributed by atoms with E-state index in [9.17, 15) is 0 Å². The van der Waals surface area contributed by atoms with Gasteiger partial charge >= 0.3 is 0 Å². The minimum atomic E-state index is -0.719. The van der Waals surface area contributed by atoms with Gasteiger partial charge in [0.1, 0.15) is 11.2 Å². The Kier molecular flexibility index (Phi) is 9.33. The van der Waals surface area contributed by atoms with Crippen LogP contribution in [0.2, 0.25) is 0 Å². The third-order valence-electron chi connectivity index (χ3n) is 13.2. The van der Waals surface area contributed by atoms with Gasteiger partial charge in [0.15, 0.2) is 0 Å². The van der Waals surface area contributed by atoms with E-state index in [1.54, 1.807) is 0 Å². The maximum atomic E-state index is 6.85. The Hall–Kier alpha value is -7.98. The van der Waals surface area contributed by atoms with Crippen LogP contribution in [-0.4, -0.2) is 0 Å². The van der Waals surface area contributed by atoms with Gasteiger partial charge in [-0.25, -0.2) is 0 Å². The second kappa shape index (κ2) is 15.7. The number of hydrogen-bond acceptors (Lipinski definition) is 3. The van der Waals surface area contributed by atoms with Crippen molar-refractivity contribution >= 4 is 70.5 Å². The van der Waals surface area contributed by atoms with Crippen molar-refractivity contribution in [3.05, 3.63) is 259 Å². The van der Waals surface area contributed by atoms with Crippen molar-refractivity contribution in [2.45, 2.75) is 12.3 Å². The molecule has 2 heterocycles. The second-order valence-corrected chi connectivity index (χ2v) is 17.8.